The Kier molecular flexibility index (Phi) is 5.44. The highest BCUT2D eigenvalue weighted by molar-refractivity contribution is 5.68. The molecule has 0 radical (unpaired) electrons. The first-order valence-corrected chi connectivity index (χ1v) is 8.41. The van der Waals surface area contributed by atoms with Crippen LogP contribution in [0.4, 0.5) is 18.0 Å². The van der Waals surface area contributed by atoms with Gasteiger partial charge in [0.1, 0.15) is 11.3 Å². The average molecular weight is 374 g/mol. The summed E-state index contributed by atoms with van der Waals surface area (Å²) in [7, 11) is 1.29. The zero-order valence-electron chi connectivity index (χ0n) is 15.7. The minimum atomic E-state index is -4.54. The molecule has 0 aromatic carbocycles. The molecule has 1 atom stereocenters. The second-order valence-corrected chi connectivity index (χ2v) is 8.04. The first-order valence-electron chi connectivity index (χ1n) is 8.41. The van der Waals surface area contributed by atoms with E-state index in [9.17, 15) is 18.0 Å². The number of likely N-dealkylation sites (tertiary alicyclic amines) is 1. The number of amides is 1. The molecule has 0 N–H and O–H groups in total. The number of carbonyl (C=O) groups is 1. The van der Waals surface area contributed by atoms with Crippen LogP contribution in [0.3, 0.4) is 0 Å². The van der Waals surface area contributed by atoms with Gasteiger partial charge in [-0.2, -0.15) is 13.2 Å². The highest BCUT2D eigenvalue weighted by atomic mass is 19.4. The minimum absolute atomic E-state index is 0.0691. The lowest BCUT2D eigenvalue weighted by Gasteiger charge is -2.27. The molecule has 1 unspecified atom stereocenters. The van der Waals surface area contributed by atoms with Crippen molar-refractivity contribution in [2.45, 2.75) is 52.3 Å². The largest absolute Gasteiger partial charge is 0.481 e. The van der Waals surface area contributed by atoms with Gasteiger partial charge in [0.25, 0.3) is 0 Å². The van der Waals surface area contributed by atoms with Crippen LogP contribution < -0.4 is 4.74 Å². The Morgan fingerprint density at radius 2 is 1.96 bits per heavy atom. The predicted octanol–water partition coefficient (Wildman–Crippen LogP) is 4.30. The van der Waals surface area contributed by atoms with Gasteiger partial charge in [-0.05, 0) is 50.7 Å². The fraction of sp³-hybridized carbons (Fsp3) is 0.667. The number of halogens is 3. The smallest absolute Gasteiger partial charge is 0.433 e. The van der Waals surface area contributed by atoms with Gasteiger partial charge in [0.05, 0.1) is 7.11 Å². The number of hydrogen-bond donors (Lipinski definition) is 0. The molecule has 0 saturated carbocycles. The van der Waals surface area contributed by atoms with Crippen LogP contribution in [0, 0.1) is 5.41 Å². The van der Waals surface area contributed by atoms with Gasteiger partial charge >= 0.3 is 12.3 Å². The average Bonchev–Trinajstić information content (AvgIpc) is 2.86. The van der Waals surface area contributed by atoms with Crippen molar-refractivity contribution in [3.05, 3.63) is 23.4 Å². The lowest BCUT2D eigenvalue weighted by atomic mass is 9.83. The molecule has 8 heteroatoms. The Morgan fingerprint density at radius 3 is 2.50 bits per heavy atom. The molecule has 2 heterocycles. The fourth-order valence-electron chi connectivity index (χ4n) is 3.05. The number of alkyl halides is 3. The lowest BCUT2D eigenvalue weighted by Crippen LogP contribution is -2.36. The molecular weight excluding hydrogens is 349 g/mol. The monoisotopic (exact) mass is 374 g/mol. The maximum absolute atomic E-state index is 13.0. The van der Waals surface area contributed by atoms with E-state index in [1.807, 2.05) is 6.92 Å². The van der Waals surface area contributed by atoms with E-state index >= 15 is 0 Å². The van der Waals surface area contributed by atoms with Crippen molar-refractivity contribution in [2.24, 2.45) is 5.41 Å². The minimum Gasteiger partial charge on any atom is -0.481 e. The SMILES string of the molecule is COc1cc(CC2(C)CCN(C(=O)OC(C)(C)C)C2)cc(C(F)(F)F)n1. The highest BCUT2D eigenvalue weighted by Crippen LogP contribution is 2.36. The van der Waals surface area contributed by atoms with Gasteiger partial charge in [0.2, 0.25) is 5.88 Å². The fourth-order valence-corrected chi connectivity index (χ4v) is 3.05. The van der Waals surface area contributed by atoms with Crippen molar-refractivity contribution in [1.29, 1.82) is 0 Å². The Bertz CT molecular complexity index is 671. The van der Waals surface area contributed by atoms with Crippen LogP contribution in [0.25, 0.3) is 0 Å². The van der Waals surface area contributed by atoms with Crippen LogP contribution in [-0.4, -0.2) is 41.8 Å². The summed E-state index contributed by atoms with van der Waals surface area (Å²) in [6.45, 7) is 8.28. The molecule has 1 saturated heterocycles. The standard InChI is InChI=1S/C18H25F3N2O3/c1-16(2,3)26-15(24)23-7-6-17(4,11-23)10-12-8-13(18(19,20)21)22-14(9-12)25-5/h8-9H,6-7,10-11H2,1-5H3. The van der Waals surface area contributed by atoms with Crippen LogP contribution in [-0.2, 0) is 17.3 Å². The van der Waals surface area contributed by atoms with E-state index in [4.69, 9.17) is 9.47 Å². The van der Waals surface area contributed by atoms with Crippen LogP contribution in [0.15, 0.2) is 12.1 Å². The molecule has 1 aliphatic heterocycles. The summed E-state index contributed by atoms with van der Waals surface area (Å²) < 4.78 is 49.4. The number of methoxy groups -OCH3 is 1. The van der Waals surface area contributed by atoms with E-state index in [0.717, 1.165) is 6.07 Å². The molecule has 1 aromatic heterocycles. The number of carbonyl (C=O) groups excluding carboxylic acids is 1. The summed E-state index contributed by atoms with van der Waals surface area (Å²) >= 11 is 0. The van der Waals surface area contributed by atoms with Gasteiger partial charge in [-0.25, -0.2) is 9.78 Å². The number of aromatic nitrogens is 1. The molecule has 0 aliphatic carbocycles. The molecule has 1 amide bonds. The number of nitrogens with zero attached hydrogens (tertiary/aromatic N) is 2. The molecule has 0 bridgehead atoms. The van der Waals surface area contributed by atoms with E-state index in [2.05, 4.69) is 4.98 Å². The third-order valence-corrected chi connectivity index (χ3v) is 4.20. The molecule has 1 aromatic rings. The van der Waals surface area contributed by atoms with E-state index in [1.165, 1.54) is 13.2 Å². The van der Waals surface area contributed by atoms with E-state index in [0.29, 0.717) is 31.5 Å². The first kappa shape index (κ1) is 20.3. The van der Waals surface area contributed by atoms with Crippen molar-refractivity contribution >= 4 is 6.09 Å². The molecule has 5 nitrogen and oxygen atoms in total. The highest BCUT2D eigenvalue weighted by Gasteiger charge is 2.39. The van der Waals surface area contributed by atoms with Crippen LogP contribution in [0.5, 0.6) is 5.88 Å². The number of hydrogen-bond acceptors (Lipinski definition) is 4. The van der Waals surface area contributed by atoms with Gasteiger partial charge < -0.3 is 14.4 Å². The van der Waals surface area contributed by atoms with Crippen molar-refractivity contribution in [3.63, 3.8) is 0 Å². The lowest BCUT2D eigenvalue weighted by molar-refractivity contribution is -0.141. The molecule has 1 fully saturated rings. The quantitative estimate of drug-likeness (QED) is 0.792. The van der Waals surface area contributed by atoms with Crippen molar-refractivity contribution in [3.8, 4) is 5.88 Å². The Morgan fingerprint density at radius 1 is 1.31 bits per heavy atom. The van der Waals surface area contributed by atoms with Crippen molar-refractivity contribution in [1.82, 2.24) is 9.88 Å². The second kappa shape index (κ2) is 6.96. The van der Waals surface area contributed by atoms with Gasteiger partial charge in [0, 0.05) is 19.2 Å². The van der Waals surface area contributed by atoms with Crippen LogP contribution >= 0.6 is 0 Å². The van der Waals surface area contributed by atoms with Crippen molar-refractivity contribution in [2.75, 3.05) is 20.2 Å². The third-order valence-electron chi connectivity index (χ3n) is 4.20. The summed E-state index contributed by atoms with van der Waals surface area (Å²) in [5.74, 6) is -0.0691. The Balaban J connectivity index is 2.14. The Labute approximate surface area is 151 Å². The number of ether oxygens (including phenoxy) is 2. The molecule has 1 aliphatic rings. The number of rotatable bonds is 3. The summed E-state index contributed by atoms with van der Waals surface area (Å²) in [6.07, 6.45) is -3.88. The first-order chi connectivity index (χ1) is 11.8. The predicted molar refractivity (Wildman–Crippen MR) is 90.0 cm³/mol. The Hall–Kier alpha value is -1.99. The van der Waals surface area contributed by atoms with E-state index < -0.39 is 23.6 Å². The number of pyridine rings is 1. The molecular formula is C18H25F3N2O3. The van der Waals surface area contributed by atoms with Gasteiger partial charge in [-0.15, -0.1) is 0 Å². The zero-order valence-corrected chi connectivity index (χ0v) is 15.7. The molecule has 2 rings (SSSR count). The van der Waals surface area contributed by atoms with Gasteiger partial charge in [-0.1, -0.05) is 6.92 Å². The zero-order chi connectivity index (χ0) is 19.8. The maximum atomic E-state index is 13.0. The summed E-state index contributed by atoms with van der Waals surface area (Å²) in [6, 6.07) is 2.56. The summed E-state index contributed by atoms with van der Waals surface area (Å²) in [5.41, 5.74) is -1.42. The van der Waals surface area contributed by atoms with Crippen LogP contribution in [0.1, 0.15) is 45.4 Å². The van der Waals surface area contributed by atoms with Crippen molar-refractivity contribution < 1.29 is 27.4 Å². The third kappa shape index (κ3) is 5.25. The maximum Gasteiger partial charge on any atom is 0.433 e. The van der Waals surface area contributed by atoms with Gasteiger partial charge in [-0.3, -0.25) is 0 Å². The summed E-state index contributed by atoms with van der Waals surface area (Å²) in [4.78, 5) is 17.3. The molecule has 146 valence electrons. The normalized spacial score (nSPS) is 21.0. The second-order valence-electron chi connectivity index (χ2n) is 8.04. The van der Waals surface area contributed by atoms with E-state index in [-0.39, 0.29) is 11.3 Å². The van der Waals surface area contributed by atoms with E-state index in [1.54, 1.807) is 25.7 Å². The van der Waals surface area contributed by atoms with Gasteiger partial charge in [0.15, 0.2) is 0 Å². The molecule has 0 spiro atoms. The topological polar surface area (TPSA) is 51.7 Å². The van der Waals surface area contributed by atoms with Crippen LogP contribution in [0.2, 0.25) is 0 Å². The summed E-state index contributed by atoms with van der Waals surface area (Å²) in [5, 5.41) is 0. The molecule has 26 heavy (non-hydrogen) atoms.